The van der Waals surface area contributed by atoms with E-state index in [0.29, 0.717) is 39.6 Å². The lowest BCUT2D eigenvalue weighted by Gasteiger charge is -2.22. The van der Waals surface area contributed by atoms with Crippen LogP contribution in [-0.4, -0.2) is 64.4 Å². The van der Waals surface area contributed by atoms with Gasteiger partial charge in [-0.3, -0.25) is 0 Å². The molecule has 0 aromatic carbocycles. The van der Waals surface area contributed by atoms with E-state index in [4.69, 9.17) is 14.2 Å². The van der Waals surface area contributed by atoms with E-state index in [2.05, 4.69) is 26.1 Å². The van der Waals surface area contributed by atoms with Crippen LogP contribution < -0.4 is 5.32 Å². The number of hydrogen-bond donors (Lipinski definition) is 2. The Morgan fingerprint density at radius 3 is 2.16 bits per heavy atom. The zero-order valence-electron chi connectivity index (χ0n) is 12.9. The van der Waals surface area contributed by atoms with Crippen molar-refractivity contribution in [3.63, 3.8) is 0 Å². The molecule has 0 saturated heterocycles. The molecule has 0 radical (unpaired) electrons. The Bertz CT molecular complexity index is 194. The topological polar surface area (TPSA) is 60.0 Å². The molecule has 0 heterocycles. The van der Waals surface area contributed by atoms with Crippen molar-refractivity contribution in [1.29, 1.82) is 0 Å². The molecule has 116 valence electrons. The van der Waals surface area contributed by atoms with Gasteiger partial charge in [0.25, 0.3) is 0 Å². The minimum atomic E-state index is -0.294. The number of aliphatic hydroxyl groups excluding tert-OH is 1. The van der Waals surface area contributed by atoms with E-state index in [-0.39, 0.29) is 11.5 Å². The molecule has 1 unspecified atom stereocenters. The fourth-order valence-corrected chi connectivity index (χ4v) is 1.66. The summed E-state index contributed by atoms with van der Waals surface area (Å²) in [5, 5.41) is 13.0. The van der Waals surface area contributed by atoms with E-state index in [1.165, 1.54) is 0 Å². The zero-order chi connectivity index (χ0) is 14.6. The average Bonchev–Trinajstić information content (AvgIpc) is 2.29. The predicted octanol–water partition coefficient (Wildman–Crippen LogP) is 1.05. The second-order valence-corrected chi connectivity index (χ2v) is 5.84. The number of hydrogen-bond acceptors (Lipinski definition) is 5. The maximum absolute atomic E-state index is 9.77. The van der Waals surface area contributed by atoms with Crippen molar-refractivity contribution in [2.45, 2.75) is 33.3 Å². The first-order chi connectivity index (χ1) is 8.95. The van der Waals surface area contributed by atoms with Crippen LogP contribution in [0.25, 0.3) is 0 Å². The van der Waals surface area contributed by atoms with E-state index in [9.17, 15) is 5.11 Å². The first kappa shape index (κ1) is 18.8. The van der Waals surface area contributed by atoms with Gasteiger partial charge in [0, 0.05) is 20.2 Å². The zero-order valence-corrected chi connectivity index (χ0v) is 12.9. The van der Waals surface area contributed by atoms with Crippen LogP contribution in [0.4, 0.5) is 0 Å². The molecule has 0 aliphatic rings. The van der Waals surface area contributed by atoms with Gasteiger partial charge in [0.05, 0.1) is 39.1 Å². The average molecular weight is 277 g/mol. The maximum atomic E-state index is 9.77. The molecular weight excluding hydrogens is 246 g/mol. The standard InChI is InChI=1S/C14H31NO4/c1-14(2,3)11-13(16)12-15-5-6-18-9-10-19-8-7-17-4/h13,15-16H,5-12H2,1-4H3. The van der Waals surface area contributed by atoms with Crippen molar-refractivity contribution in [2.24, 2.45) is 5.41 Å². The molecule has 0 aliphatic heterocycles. The molecular formula is C14H31NO4. The molecule has 0 spiro atoms. The van der Waals surface area contributed by atoms with Gasteiger partial charge in [0.2, 0.25) is 0 Å². The quantitative estimate of drug-likeness (QED) is 0.522. The smallest absolute Gasteiger partial charge is 0.0701 e. The molecule has 0 bridgehead atoms. The molecule has 5 heteroatoms. The lowest BCUT2D eigenvalue weighted by molar-refractivity contribution is 0.0249. The summed E-state index contributed by atoms with van der Waals surface area (Å²) in [6.07, 6.45) is 0.506. The van der Waals surface area contributed by atoms with Crippen LogP contribution in [0.15, 0.2) is 0 Å². The van der Waals surface area contributed by atoms with Gasteiger partial charge >= 0.3 is 0 Å². The number of rotatable bonds is 12. The molecule has 0 fully saturated rings. The van der Waals surface area contributed by atoms with Gasteiger partial charge in [-0.05, 0) is 11.8 Å². The Labute approximate surface area is 117 Å². The van der Waals surface area contributed by atoms with Crippen molar-refractivity contribution < 1.29 is 19.3 Å². The van der Waals surface area contributed by atoms with Gasteiger partial charge in [-0.25, -0.2) is 0 Å². The van der Waals surface area contributed by atoms with Gasteiger partial charge in [0.1, 0.15) is 0 Å². The van der Waals surface area contributed by atoms with E-state index < -0.39 is 0 Å². The van der Waals surface area contributed by atoms with Crippen molar-refractivity contribution in [1.82, 2.24) is 5.32 Å². The fourth-order valence-electron chi connectivity index (χ4n) is 1.66. The Morgan fingerprint density at radius 2 is 1.58 bits per heavy atom. The SMILES string of the molecule is COCCOCCOCCNCC(O)CC(C)(C)C. The van der Waals surface area contributed by atoms with Crippen LogP contribution >= 0.6 is 0 Å². The summed E-state index contributed by atoms with van der Waals surface area (Å²) in [6, 6.07) is 0. The van der Waals surface area contributed by atoms with Gasteiger partial charge in [-0.1, -0.05) is 20.8 Å². The summed E-state index contributed by atoms with van der Waals surface area (Å²) < 4.78 is 15.5. The van der Waals surface area contributed by atoms with Crippen LogP contribution in [-0.2, 0) is 14.2 Å². The minimum Gasteiger partial charge on any atom is -0.392 e. The Morgan fingerprint density at radius 1 is 1.00 bits per heavy atom. The van der Waals surface area contributed by atoms with Crippen molar-refractivity contribution in [3.05, 3.63) is 0 Å². The molecule has 0 aromatic heterocycles. The fraction of sp³-hybridized carbons (Fsp3) is 1.00. The van der Waals surface area contributed by atoms with E-state index in [1.807, 2.05) is 0 Å². The van der Waals surface area contributed by atoms with Crippen LogP contribution in [0.2, 0.25) is 0 Å². The van der Waals surface area contributed by atoms with Crippen LogP contribution in [0.5, 0.6) is 0 Å². The number of aliphatic hydroxyl groups is 1. The molecule has 19 heavy (non-hydrogen) atoms. The van der Waals surface area contributed by atoms with E-state index in [1.54, 1.807) is 7.11 Å². The van der Waals surface area contributed by atoms with Gasteiger partial charge < -0.3 is 24.6 Å². The van der Waals surface area contributed by atoms with Gasteiger partial charge in [-0.2, -0.15) is 0 Å². The second-order valence-electron chi connectivity index (χ2n) is 5.84. The normalized spacial score (nSPS) is 13.7. The Kier molecular flexibility index (Phi) is 11.5. The van der Waals surface area contributed by atoms with Crippen molar-refractivity contribution >= 4 is 0 Å². The second kappa shape index (κ2) is 11.6. The highest BCUT2D eigenvalue weighted by Crippen LogP contribution is 2.20. The van der Waals surface area contributed by atoms with Crippen LogP contribution in [0.3, 0.4) is 0 Å². The van der Waals surface area contributed by atoms with Crippen LogP contribution in [0.1, 0.15) is 27.2 Å². The molecule has 0 aliphatic carbocycles. The first-order valence-corrected chi connectivity index (χ1v) is 6.99. The maximum Gasteiger partial charge on any atom is 0.0701 e. The molecule has 1 atom stereocenters. The summed E-state index contributed by atoms with van der Waals surface area (Å²) in [4.78, 5) is 0. The van der Waals surface area contributed by atoms with Crippen molar-refractivity contribution in [2.75, 3.05) is 53.2 Å². The third-order valence-electron chi connectivity index (χ3n) is 2.45. The molecule has 0 aromatic rings. The van der Waals surface area contributed by atoms with Gasteiger partial charge in [-0.15, -0.1) is 0 Å². The summed E-state index contributed by atoms with van der Waals surface area (Å²) in [7, 11) is 1.65. The molecule has 0 saturated carbocycles. The highest BCUT2D eigenvalue weighted by Gasteiger charge is 2.15. The monoisotopic (exact) mass is 277 g/mol. The number of ether oxygens (including phenoxy) is 3. The predicted molar refractivity (Wildman–Crippen MR) is 76.5 cm³/mol. The molecule has 2 N–H and O–H groups in total. The molecule has 0 amide bonds. The summed E-state index contributed by atoms with van der Waals surface area (Å²) in [5.74, 6) is 0. The lowest BCUT2D eigenvalue weighted by Crippen LogP contribution is -2.32. The lowest BCUT2D eigenvalue weighted by atomic mass is 9.89. The highest BCUT2D eigenvalue weighted by molar-refractivity contribution is 4.69. The largest absolute Gasteiger partial charge is 0.392 e. The van der Waals surface area contributed by atoms with Gasteiger partial charge in [0.15, 0.2) is 0 Å². The van der Waals surface area contributed by atoms with E-state index >= 15 is 0 Å². The van der Waals surface area contributed by atoms with Crippen LogP contribution in [0, 0.1) is 5.41 Å². The van der Waals surface area contributed by atoms with Crippen molar-refractivity contribution in [3.8, 4) is 0 Å². The summed E-state index contributed by atoms with van der Waals surface area (Å²) in [6.45, 7) is 10.8. The molecule has 5 nitrogen and oxygen atoms in total. The summed E-state index contributed by atoms with van der Waals surface area (Å²) in [5.41, 5.74) is 0.164. The van der Waals surface area contributed by atoms with E-state index in [0.717, 1.165) is 13.0 Å². The number of methoxy groups -OCH3 is 1. The summed E-state index contributed by atoms with van der Waals surface area (Å²) >= 11 is 0. The number of nitrogens with one attached hydrogen (secondary N) is 1. The molecule has 0 rings (SSSR count). The Balaban J connectivity index is 3.18. The first-order valence-electron chi connectivity index (χ1n) is 6.99. The third-order valence-corrected chi connectivity index (χ3v) is 2.45. The highest BCUT2D eigenvalue weighted by atomic mass is 16.5. The minimum absolute atomic E-state index is 0.164. The Hall–Kier alpha value is -0.200. The third kappa shape index (κ3) is 15.7.